The molecule has 0 spiro atoms. The van der Waals surface area contributed by atoms with Gasteiger partial charge < -0.3 is 10.4 Å². The van der Waals surface area contributed by atoms with Crippen LogP contribution >= 0.6 is 0 Å². The van der Waals surface area contributed by atoms with Gasteiger partial charge in [-0.3, -0.25) is 4.79 Å². The molecule has 130 valence electrons. The number of rotatable bonds is 7. The molecule has 2 N–H and O–H groups in total. The van der Waals surface area contributed by atoms with Crippen molar-refractivity contribution in [1.82, 2.24) is 5.32 Å². The summed E-state index contributed by atoms with van der Waals surface area (Å²) in [7, 11) is 0. The summed E-state index contributed by atoms with van der Waals surface area (Å²) in [4.78, 5) is 23.4. The lowest BCUT2D eigenvalue weighted by molar-refractivity contribution is -0.139. The zero-order valence-electron chi connectivity index (χ0n) is 14.2. The minimum Gasteiger partial charge on any atom is -0.480 e. The number of amides is 1. The first-order valence-electron chi connectivity index (χ1n) is 8.06. The number of hydrogen-bond donors (Lipinski definition) is 2. The maximum Gasteiger partial charge on any atom is 0.326 e. The highest BCUT2D eigenvalue weighted by molar-refractivity contribution is 5.96. The summed E-state index contributed by atoms with van der Waals surface area (Å²) >= 11 is 0. The molecule has 1 amide bonds. The van der Waals surface area contributed by atoms with Crippen LogP contribution in [-0.2, 0) is 4.79 Å². The van der Waals surface area contributed by atoms with E-state index in [-0.39, 0.29) is 5.92 Å². The van der Waals surface area contributed by atoms with Gasteiger partial charge in [-0.05, 0) is 48.7 Å². The van der Waals surface area contributed by atoms with Crippen LogP contribution in [-0.4, -0.2) is 23.0 Å². The van der Waals surface area contributed by atoms with E-state index in [2.05, 4.69) is 15.5 Å². The number of carbonyl (C=O) groups excluding carboxylic acids is 1. The first-order valence-corrected chi connectivity index (χ1v) is 8.06. The average Bonchev–Trinajstić information content (AvgIpc) is 2.60. The zero-order valence-corrected chi connectivity index (χ0v) is 14.2. The van der Waals surface area contributed by atoms with Crippen LogP contribution in [0.1, 0.15) is 30.6 Å². The Morgan fingerprint density at radius 1 is 0.960 bits per heavy atom. The molecule has 0 heterocycles. The van der Waals surface area contributed by atoms with E-state index in [1.54, 1.807) is 24.3 Å². The fraction of sp³-hybridized carbons (Fsp3) is 0.263. The van der Waals surface area contributed by atoms with Gasteiger partial charge in [0.25, 0.3) is 5.91 Å². The molecule has 6 heteroatoms. The van der Waals surface area contributed by atoms with Crippen LogP contribution in [0.3, 0.4) is 0 Å². The van der Waals surface area contributed by atoms with Gasteiger partial charge in [-0.15, -0.1) is 0 Å². The molecule has 0 radical (unpaired) electrons. The van der Waals surface area contributed by atoms with Crippen molar-refractivity contribution in [3.05, 3.63) is 60.2 Å². The Morgan fingerprint density at radius 3 is 2.04 bits per heavy atom. The van der Waals surface area contributed by atoms with Crippen molar-refractivity contribution in [2.24, 2.45) is 16.1 Å². The van der Waals surface area contributed by atoms with Gasteiger partial charge >= 0.3 is 5.97 Å². The highest BCUT2D eigenvalue weighted by Gasteiger charge is 2.21. The van der Waals surface area contributed by atoms with Gasteiger partial charge in [0.05, 0.1) is 11.4 Å². The highest BCUT2D eigenvalue weighted by Crippen LogP contribution is 2.18. The molecule has 0 aliphatic heterocycles. The van der Waals surface area contributed by atoms with Crippen molar-refractivity contribution < 1.29 is 14.7 Å². The van der Waals surface area contributed by atoms with E-state index < -0.39 is 17.9 Å². The molecule has 25 heavy (non-hydrogen) atoms. The number of carbonyl (C=O) groups is 2. The molecule has 2 aromatic carbocycles. The Hall–Kier alpha value is -3.02. The Labute approximate surface area is 146 Å². The number of nitrogens with zero attached hydrogens (tertiary/aromatic N) is 2. The van der Waals surface area contributed by atoms with Gasteiger partial charge in [0, 0.05) is 5.56 Å². The second-order valence-electron chi connectivity index (χ2n) is 6.08. The van der Waals surface area contributed by atoms with Gasteiger partial charge in [-0.2, -0.15) is 10.2 Å². The van der Waals surface area contributed by atoms with Crippen molar-refractivity contribution in [2.75, 3.05) is 0 Å². The second-order valence-corrected chi connectivity index (χ2v) is 6.08. The number of nitrogens with one attached hydrogen (secondary N) is 1. The maximum absolute atomic E-state index is 12.2. The van der Waals surface area contributed by atoms with E-state index in [0.717, 1.165) is 5.69 Å². The smallest absolute Gasteiger partial charge is 0.326 e. The van der Waals surface area contributed by atoms with Crippen LogP contribution < -0.4 is 5.32 Å². The Balaban J connectivity index is 2.02. The first-order chi connectivity index (χ1) is 12.0. The number of hydrogen-bond acceptors (Lipinski definition) is 4. The predicted molar refractivity (Wildman–Crippen MR) is 95.4 cm³/mol. The Kier molecular flexibility index (Phi) is 6.39. The minimum atomic E-state index is -1.03. The van der Waals surface area contributed by atoms with Crippen LogP contribution in [0.5, 0.6) is 0 Å². The molecular formula is C19H21N3O3. The minimum absolute atomic E-state index is 0.169. The van der Waals surface area contributed by atoms with Crippen molar-refractivity contribution in [3.63, 3.8) is 0 Å². The molecule has 0 aliphatic rings. The molecule has 0 aromatic heterocycles. The third kappa shape index (κ3) is 5.84. The van der Waals surface area contributed by atoms with Crippen molar-refractivity contribution >= 4 is 23.3 Å². The molecule has 6 nitrogen and oxygen atoms in total. The normalized spacial score (nSPS) is 12.3. The molecule has 0 bridgehead atoms. The monoisotopic (exact) mass is 339 g/mol. The highest BCUT2D eigenvalue weighted by atomic mass is 16.4. The fourth-order valence-corrected chi connectivity index (χ4v) is 2.22. The molecule has 2 rings (SSSR count). The maximum atomic E-state index is 12.2. The molecule has 1 atom stereocenters. The summed E-state index contributed by atoms with van der Waals surface area (Å²) in [5.74, 6) is -1.28. The Bertz CT molecular complexity index is 740. The zero-order chi connectivity index (χ0) is 18.2. The predicted octanol–water partition coefficient (Wildman–Crippen LogP) is 4.33. The summed E-state index contributed by atoms with van der Waals surface area (Å²) in [5, 5.41) is 20.0. The lowest BCUT2D eigenvalue weighted by atomic mass is 10.0. The van der Waals surface area contributed by atoms with E-state index >= 15 is 0 Å². The summed E-state index contributed by atoms with van der Waals surface area (Å²) in [6.07, 6.45) is 0.379. The van der Waals surface area contributed by atoms with Gasteiger partial charge in [-0.25, -0.2) is 4.79 Å². The van der Waals surface area contributed by atoms with E-state index in [9.17, 15) is 14.7 Å². The largest absolute Gasteiger partial charge is 0.480 e. The number of carboxylic acids is 1. The number of benzene rings is 2. The molecule has 0 saturated heterocycles. The first kappa shape index (κ1) is 18.3. The lowest BCUT2D eigenvalue weighted by Crippen LogP contribution is -2.41. The van der Waals surface area contributed by atoms with Crippen molar-refractivity contribution in [3.8, 4) is 0 Å². The van der Waals surface area contributed by atoms with Crippen LogP contribution in [0.15, 0.2) is 64.8 Å². The number of azo groups is 1. The van der Waals surface area contributed by atoms with Crippen molar-refractivity contribution in [2.45, 2.75) is 26.3 Å². The summed E-state index contributed by atoms with van der Waals surface area (Å²) in [6, 6.07) is 15.0. The summed E-state index contributed by atoms with van der Waals surface area (Å²) in [5.41, 5.74) is 1.73. The van der Waals surface area contributed by atoms with Gasteiger partial charge in [-0.1, -0.05) is 32.0 Å². The van der Waals surface area contributed by atoms with E-state index in [1.807, 2.05) is 44.2 Å². The number of carboxylic acid groups (broad SMARTS) is 1. The fourth-order valence-electron chi connectivity index (χ4n) is 2.22. The summed E-state index contributed by atoms with van der Waals surface area (Å²) in [6.45, 7) is 3.82. The molecule has 0 fully saturated rings. The van der Waals surface area contributed by atoms with Crippen LogP contribution in [0, 0.1) is 5.92 Å². The van der Waals surface area contributed by atoms with Crippen LogP contribution in [0.2, 0.25) is 0 Å². The molecular weight excluding hydrogens is 318 g/mol. The number of aliphatic carboxylic acids is 1. The van der Waals surface area contributed by atoms with Gasteiger partial charge in [0.2, 0.25) is 0 Å². The van der Waals surface area contributed by atoms with Gasteiger partial charge in [0.15, 0.2) is 0 Å². The van der Waals surface area contributed by atoms with E-state index in [0.29, 0.717) is 17.7 Å². The second kappa shape index (κ2) is 8.73. The summed E-state index contributed by atoms with van der Waals surface area (Å²) < 4.78 is 0. The quantitative estimate of drug-likeness (QED) is 0.735. The molecule has 1 unspecified atom stereocenters. The SMILES string of the molecule is CC(C)CC(NC(=O)c1ccc(N=Nc2ccccc2)cc1)C(=O)O. The average molecular weight is 339 g/mol. The molecule has 2 aromatic rings. The lowest BCUT2D eigenvalue weighted by Gasteiger charge is -2.16. The topological polar surface area (TPSA) is 91.1 Å². The van der Waals surface area contributed by atoms with Crippen LogP contribution in [0.4, 0.5) is 11.4 Å². The van der Waals surface area contributed by atoms with Crippen molar-refractivity contribution in [1.29, 1.82) is 0 Å². The third-order valence-corrected chi connectivity index (χ3v) is 3.48. The molecule has 0 saturated carbocycles. The Morgan fingerprint density at radius 2 is 1.52 bits per heavy atom. The molecule has 0 aliphatic carbocycles. The van der Waals surface area contributed by atoms with Crippen LogP contribution in [0.25, 0.3) is 0 Å². The standard InChI is InChI=1S/C19H21N3O3/c1-13(2)12-17(19(24)25)20-18(23)14-8-10-16(11-9-14)22-21-15-6-4-3-5-7-15/h3-11,13,17H,12H2,1-2H3,(H,20,23)(H,24,25). The van der Waals surface area contributed by atoms with Gasteiger partial charge in [0.1, 0.15) is 6.04 Å². The van der Waals surface area contributed by atoms with E-state index in [4.69, 9.17) is 0 Å². The third-order valence-electron chi connectivity index (χ3n) is 3.48. The van der Waals surface area contributed by atoms with E-state index in [1.165, 1.54) is 0 Å².